The largest absolute Gasteiger partial charge is 0.496 e. The van der Waals surface area contributed by atoms with E-state index in [1.807, 2.05) is 38.1 Å². The summed E-state index contributed by atoms with van der Waals surface area (Å²) >= 11 is 0. The number of aryl methyl sites for hydroxylation is 2. The van der Waals surface area contributed by atoms with E-state index in [0.29, 0.717) is 17.4 Å². The number of ether oxygens (including phenoxy) is 1. The summed E-state index contributed by atoms with van der Waals surface area (Å²) in [4.78, 5) is 23.8. The van der Waals surface area contributed by atoms with Gasteiger partial charge < -0.3 is 14.4 Å². The number of carbonyl (C=O) groups is 1. The van der Waals surface area contributed by atoms with E-state index in [1.165, 1.54) is 6.20 Å². The molecule has 0 fully saturated rings. The molecule has 0 aliphatic carbocycles. The number of aromatic carboxylic acids is 1. The van der Waals surface area contributed by atoms with Crippen LogP contribution in [-0.2, 0) is 6.54 Å². The van der Waals surface area contributed by atoms with Crippen LogP contribution in [0.25, 0.3) is 10.9 Å². The molecule has 3 aromatic rings. The fourth-order valence-electron chi connectivity index (χ4n) is 3.28. The molecule has 0 amide bonds. The van der Waals surface area contributed by atoms with Crippen molar-refractivity contribution in [3.63, 3.8) is 0 Å². The summed E-state index contributed by atoms with van der Waals surface area (Å²) in [7, 11) is 1.64. The van der Waals surface area contributed by atoms with Gasteiger partial charge in [0.1, 0.15) is 11.3 Å². The van der Waals surface area contributed by atoms with E-state index in [9.17, 15) is 14.7 Å². The Morgan fingerprint density at radius 2 is 1.80 bits per heavy atom. The van der Waals surface area contributed by atoms with E-state index in [2.05, 4.69) is 0 Å². The van der Waals surface area contributed by atoms with Gasteiger partial charge in [0.15, 0.2) is 0 Å². The molecule has 25 heavy (non-hydrogen) atoms. The number of hydrogen-bond acceptors (Lipinski definition) is 3. The van der Waals surface area contributed by atoms with Crippen molar-refractivity contribution in [1.29, 1.82) is 0 Å². The molecule has 0 aliphatic rings. The van der Waals surface area contributed by atoms with Crippen LogP contribution < -0.4 is 10.2 Å². The molecule has 0 bridgehead atoms. The number of methoxy groups -OCH3 is 1. The lowest BCUT2D eigenvalue weighted by Gasteiger charge is -2.15. The first-order chi connectivity index (χ1) is 11.9. The quantitative estimate of drug-likeness (QED) is 0.792. The molecular formula is C20H19NO4. The van der Waals surface area contributed by atoms with Gasteiger partial charge >= 0.3 is 5.97 Å². The molecule has 1 heterocycles. The highest BCUT2D eigenvalue weighted by atomic mass is 16.5. The van der Waals surface area contributed by atoms with Gasteiger partial charge in [0.25, 0.3) is 0 Å². The van der Waals surface area contributed by atoms with E-state index >= 15 is 0 Å². The van der Waals surface area contributed by atoms with Crippen LogP contribution in [0, 0.1) is 13.8 Å². The van der Waals surface area contributed by atoms with Gasteiger partial charge in [-0.1, -0.05) is 24.3 Å². The Labute approximate surface area is 145 Å². The average Bonchev–Trinajstić information content (AvgIpc) is 2.57. The molecule has 128 valence electrons. The lowest BCUT2D eigenvalue weighted by Crippen LogP contribution is -2.19. The highest BCUT2D eigenvalue weighted by molar-refractivity contribution is 5.92. The molecule has 3 rings (SSSR count). The summed E-state index contributed by atoms with van der Waals surface area (Å²) in [5.41, 5.74) is 3.08. The van der Waals surface area contributed by atoms with Gasteiger partial charge in [0, 0.05) is 18.1 Å². The number of pyridine rings is 1. The average molecular weight is 337 g/mol. The molecule has 0 atom stereocenters. The number of para-hydroxylation sites is 1. The van der Waals surface area contributed by atoms with E-state index in [-0.39, 0.29) is 5.56 Å². The highest BCUT2D eigenvalue weighted by Gasteiger charge is 2.15. The number of aromatic nitrogens is 1. The zero-order chi connectivity index (χ0) is 18.1. The lowest BCUT2D eigenvalue weighted by atomic mass is 10.0. The van der Waals surface area contributed by atoms with Gasteiger partial charge in [-0.25, -0.2) is 4.79 Å². The first-order valence-corrected chi connectivity index (χ1v) is 7.92. The van der Waals surface area contributed by atoms with Gasteiger partial charge in [-0.15, -0.1) is 0 Å². The monoisotopic (exact) mass is 337 g/mol. The van der Waals surface area contributed by atoms with Gasteiger partial charge in [-0.05, 0) is 42.7 Å². The second-order valence-electron chi connectivity index (χ2n) is 6.08. The standard InChI is InChI=1S/C20H19NO4/c1-12-8-14(9-13(2)19(12)25-3)10-21-11-16(20(23)24)18(22)15-6-4-5-7-17(15)21/h4-9,11H,10H2,1-3H3,(H,23,24). The Morgan fingerprint density at radius 1 is 1.16 bits per heavy atom. The number of rotatable bonds is 4. The third-order valence-electron chi connectivity index (χ3n) is 4.30. The zero-order valence-electron chi connectivity index (χ0n) is 14.4. The zero-order valence-corrected chi connectivity index (χ0v) is 14.4. The fourth-order valence-corrected chi connectivity index (χ4v) is 3.28. The normalized spacial score (nSPS) is 10.8. The minimum absolute atomic E-state index is 0.222. The molecule has 5 heteroatoms. The van der Waals surface area contributed by atoms with Gasteiger partial charge in [0.2, 0.25) is 5.43 Å². The Balaban J connectivity index is 2.18. The molecule has 0 spiro atoms. The Morgan fingerprint density at radius 3 is 2.40 bits per heavy atom. The van der Waals surface area contributed by atoms with Crippen molar-refractivity contribution < 1.29 is 14.6 Å². The Kier molecular flexibility index (Phi) is 4.31. The highest BCUT2D eigenvalue weighted by Crippen LogP contribution is 2.25. The SMILES string of the molecule is COc1c(C)cc(Cn2cc(C(=O)O)c(=O)c3ccccc32)cc1C. The van der Waals surface area contributed by atoms with Crippen molar-refractivity contribution >= 4 is 16.9 Å². The van der Waals surface area contributed by atoms with Crippen LogP contribution in [0.2, 0.25) is 0 Å². The maximum absolute atomic E-state index is 12.4. The topological polar surface area (TPSA) is 68.5 Å². The molecule has 2 aromatic carbocycles. The summed E-state index contributed by atoms with van der Waals surface area (Å²) in [5.74, 6) is -0.369. The third kappa shape index (κ3) is 3.01. The van der Waals surface area contributed by atoms with Crippen molar-refractivity contribution in [2.24, 2.45) is 0 Å². The first-order valence-electron chi connectivity index (χ1n) is 7.92. The van der Waals surface area contributed by atoms with Crippen LogP contribution in [0.5, 0.6) is 5.75 Å². The van der Waals surface area contributed by atoms with Crippen LogP contribution in [0.4, 0.5) is 0 Å². The van der Waals surface area contributed by atoms with Crippen LogP contribution in [0.1, 0.15) is 27.0 Å². The molecular weight excluding hydrogens is 318 g/mol. The molecule has 0 saturated heterocycles. The Bertz CT molecular complexity index is 1010. The second kappa shape index (κ2) is 6.43. The summed E-state index contributed by atoms with van der Waals surface area (Å²) in [6, 6.07) is 11.1. The number of benzene rings is 2. The predicted octanol–water partition coefficient (Wildman–Crippen LogP) is 3.37. The third-order valence-corrected chi connectivity index (χ3v) is 4.30. The maximum Gasteiger partial charge on any atom is 0.341 e. The minimum atomic E-state index is -1.22. The predicted molar refractivity (Wildman–Crippen MR) is 96.7 cm³/mol. The summed E-state index contributed by atoms with van der Waals surface area (Å²) < 4.78 is 7.20. The van der Waals surface area contributed by atoms with Crippen molar-refractivity contribution in [2.45, 2.75) is 20.4 Å². The van der Waals surface area contributed by atoms with E-state index in [4.69, 9.17) is 4.74 Å². The van der Waals surface area contributed by atoms with Crippen molar-refractivity contribution in [2.75, 3.05) is 7.11 Å². The van der Waals surface area contributed by atoms with E-state index in [0.717, 1.165) is 22.4 Å². The number of carboxylic acids is 1. The van der Waals surface area contributed by atoms with Crippen molar-refractivity contribution in [1.82, 2.24) is 4.57 Å². The van der Waals surface area contributed by atoms with E-state index < -0.39 is 11.4 Å². The van der Waals surface area contributed by atoms with E-state index in [1.54, 1.807) is 23.8 Å². The lowest BCUT2D eigenvalue weighted by molar-refractivity contribution is 0.0695. The molecule has 0 radical (unpaired) electrons. The maximum atomic E-state index is 12.4. The van der Waals surface area contributed by atoms with Gasteiger partial charge in [0.05, 0.1) is 12.6 Å². The van der Waals surface area contributed by atoms with Crippen LogP contribution in [-0.4, -0.2) is 22.8 Å². The number of nitrogens with zero attached hydrogens (tertiary/aromatic N) is 1. The molecule has 1 aromatic heterocycles. The van der Waals surface area contributed by atoms with Crippen LogP contribution in [0.3, 0.4) is 0 Å². The van der Waals surface area contributed by atoms with Gasteiger partial charge in [-0.2, -0.15) is 0 Å². The molecule has 5 nitrogen and oxygen atoms in total. The number of fused-ring (bicyclic) bond motifs is 1. The van der Waals surface area contributed by atoms with Crippen LogP contribution in [0.15, 0.2) is 47.4 Å². The summed E-state index contributed by atoms with van der Waals surface area (Å²) in [6.07, 6.45) is 1.42. The van der Waals surface area contributed by atoms with Crippen molar-refractivity contribution in [3.05, 3.63) is 75.1 Å². The molecule has 0 aliphatic heterocycles. The summed E-state index contributed by atoms with van der Waals surface area (Å²) in [6.45, 7) is 4.41. The first kappa shape index (κ1) is 16.8. The van der Waals surface area contributed by atoms with Crippen molar-refractivity contribution in [3.8, 4) is 5.75 Å². The molecule has 0 saturated carbocycles. The molecule has 0 unspecified atom stereocenters. The molecule has 1 N–H and O–H groups in total. The second-order valence-corrected chi connectivity index (χ2v) is 6.08. The number of carboxylic acid groups (broad SMARTS) is 1. The Hall–Kier alpha value is -3.08. The van der Waals surface area contributed by atoms with Gasteiger partial charge in [-0.3, -0.25) is 4.79 Å². The fraction of sp³-hybridized carbons (Fsp3) is 0.200. The minimum Gasteiger partial charge on any atom is -0.496 e. The smallest absolute Gasteiger partial charge is 0.341 e. The number of hydrogen-bond donors (Lipinski definition) is 1. The van der Waals surface area contributed by atoms with Crippen LogP contribution >= 0.6 is 0 Å². The summed E-state index contributed by atoms with van der Waals surface area (Å²) in [5, 5.41) is 9.75.